The van der Waals surface area contributed by atoms with Crippen LogP contribution in [0.2, 0.25) is 0 Å². The Hall–Kier alpha value is -1.36. The van der Waals surface area contributed by atoms with Crippen LogP contribution in [0.4, 0.5) is 0 Å². The molecule has 2 aliphatic heterocycles. The fourth-order valence-corrected chi connectivity index (χ4v) is 3.68. The van der Waals surface area contributed by atoms with Crippen molar-refractivity contribution in [3.8, 4) is 0 Å². The van der Waals surface area contributed by atoms with Gasteiger partial charge in [0.1, 0.15) is 0 Å². The van der Waals surface area contributed by atoms with Crippen LogP contribution in [0.25, 0.3) is 0 Å². The third-order valence-electron chi connectivity index (χ3n) is 4.82. The van der Waals surface area contributed by atoms with Gasteiger partial charge in [-0.05, 0) is 26.2 Å². The predicted molar refractivity (Wildman–Crippen MR) is 84.4 cm³/mol. The van der Waals surface area contributed by atoms with E-state index in [4.69, 9.17) is 9.84 Å². The molecule has 0 saturated carbocycles. The van der Waals surface area contributed by atoms with Gasteiger partial charge in [-0.15, -0.1) is 0 Å². The van der Waals surface area contributed by atoms with Gasteiger partial charge in [-0.3, -0.25) is 9.48 Å². The summed E-state index contributed by atoms with van der Waals surface area (Å²) in [6.45, 7) is 9.25. The van der Waals surface area contributed by atoms with E-state index in [0.29, 0.717) is 6.61 Å². The molecule has 1 saturated heterocycles. The molecule has 5 heteroatoms. The van der Waals surface area contributed by atoms with Gasteiger partial charge in [0, 0.05) is 36.7 Å². The summed E-state index contributed by atoms with van der Waals surface area (Å²) in [6.07, 6.45) is 4.22. The Morgan fingerprint density at radius 1 is 1.41 bits per heavy atom. The van der Waals surface area contributed by atoms with Gasteiger partial charge in [-0.25, -0.2) is 0 Å². The first-order valence-electron chi connectivity index (χ1n) is 8.60. The largest absolute Gasteiger partial charge is 0.376 e. The Labute approximate surface area is 132 Å². The van der Waals surface area contributed by atoms with E-state index in [0.717, 1.165) is 44.7 Å². The summed E-state index contributed by atoms with van der Waals surface area (Å²) in [5, 5.41) is 4.87. The number of hydrogen-bond donors (Lipinski definition) is 0. The third kappa shape index (κ3) is 2.67. The standard InChI is InChI=1S/C17H27N3O2/c1-4-20-14-8-10-22-11-13(14)16(18-20)15-7-5-6-9-19(15)17(21)12(2)3/h12,15H,4-11H2,1-3H3/t15-/m0/s1. The van der Waals surface area contributed by atoms with Crippen LogP contribution in [0, 0.1) is 5.92 Å². The quantitative estimate of drug-likeness (QED) is 0.862. The number of aromatic nitrogens is 2. The number of amides is 1. The molecule has 3 heterocycles. The van der Waals surface area contributed by atoms with Gasteiger partial charge in [0.05, 0.1) is 24.9 Å². The monoisotopic (exact) mass is 305 g/mol. The topological polar surface area (TPSA) is 47.4 Å². The number of carbonyl (C=O) groups excluding carboxylic acids is 1. The molecule has 3 rings (SSSR count). The van der Waals surface area contributed by atoms with Gasteiger partial charge in [-0.2, -0.15) is 5.10 Å². The molecule has 0 aliphatic carbocycles. The number of ether oxygens (including phenoxy) is 1. The van der Waals surface area contributed by atoms with Gasteiger partial charge >= 0.3 is 0 Å². The SMILES string of the molecule is CCn1nc([C@@H]2CCCCN2C(=O)C(C)C)c2c1CCOC2. The zero-order chi connectivity index (χ0) is 15.7. The Bertz CT molecular complexity index is 550. The highest BCUT2D eigenvalue weighted by atomic mass is 16.5. The second-order valence-corrected chi connectivity index (χ2v) is 6.63. The maximum atomic E-state index is 12.6. The van der Waals surface area contributed by atoms with E-state index in [1.807, 2.05) is 13.8 Å². The minimum atomic E-state index is 0.0425. The predicted octanol–water partition coefficient (Wildman–Crippen LogP) is 2.69. The average Bonchev–Trinajstić information content (AvgIpc) is 2.93. The molecule has 22 heavy (non-hydrogen) atoms. The fraction of sp³-hybridized carbons (Fsp3) is 0.765. The zero-order valence-corrected chi connectivity index (χ0v) is 14.0. The van der Waals surface area contributed by atoms with Crippen LogP contribution in [-0.4, -0.2) is 33.7 Å². The van der Waals surface area contributed by atoms with Crippen LogP contribution in [0.3, 0.4) is 0 Å². The van der Waals surface area contributed by atoms with Crippen molar-refractivity contribution in [2.24, 2.45) is 5.92 Å². The van der Waals surface area contributed by atoms with E-state index in [2.05, 4.69) is 16.5 Å². The maximum Gasteiger partial charge on any atom is 0.225 e. The smallest absolute Gasteiger partial charge is 0.225 e. The summed E-state index contributed by atoms with van der Waals surface area (Å²) in [4.78, 5) is 14.6. The molecule has 1 fully saturated rings. The van der Waals surface area contributed by atoms with Crippen molar-refractivity contribution in [3.63, 3.8) is 0 Å². The summed E-state index contributed by atoms with van der Waals surface area (Å²) in [6, 6.07) is 0.131. The lowest BCUT2D eigenvalue weighted by Crippen LogP contribution is -2.41. The lowest BCUT2D eigenvalue weighted by atomic mass is 9.94. The highest BCUT2D eigenvalue weighted by Crippen LogP contribution is 2.35. The van der Waals surface area contributed by atoms with Crippen LogP contribution >= 0.6 is 0 Å². The van der Waals surface area contributed by atoms with Crippen LogP contribution in [-0.2, 0) is 29.1 Å². The molecular formula is C17H27N3O2. The first-order valence-corrected chi connectivity index (χ1v) is 8.60. The number of hydrogen-bond acceptors (Lipinski definition) is 3. The fourth-order valence-electron chi connectivity index (χ4n) is 3.68. The molecule has 1 aromatic rings. The minimum absolute atomic E-state index is 0.0425. The highest BCUT2D eigenvalue weighted by molar-refractivity contribution is 5.78. The lowest BCUT2D eigenvalue weighted by Gasteiger charge is -2.36. The summed E-state index contributed by atoms with van der Waals surface area (Å²) in [7, 11) is 0. The molecule has 1 atom stereocenters. The van der Waals surface area contributed by atoms with E-state index in [1.165, 1.54) is 17.7 Å². The number of carbonyl (C=O) groups is 1. The normalized spacial score (nSPS) is 22.0. The summed E-state index contributed by atoms with van der Waals surface area (Å²) >= 11 is 0. The molecule has 0 unspecified atom stereocenters. The first kappa shape index (κ1) is 15.5. The van der Waals surface area contributed by atoms with E-state index >= 15 is 0 Å². The van der Waals surface area contributed by atoms with Gasteiger partial charge in [-0.1, -0.05) is 13.8 Å². The minimum Gasteiger partial charge on any atom is -0.376 e. The number of aryl methyl sites for hydroxylation is 1. The molecule has 0 aromatic carbocycles. The first-order chi connectivity index (χ1) is 10.6. The Morgan fingerprint density at radius 3 is 2.95 bits per heavy atom. The summed E-state index contributed by atoms with van der Waals surface area (Å²) in [5.74, 6) is 0.294. The van der Waals surface area contributed by atoms with Gasteiger partial charge in [0.15, 0.2) is 0 Å². The van der Waals surface area contributed by atoms with E-state index in [-0.39, 0.29) is 17.9 Å². The molecule has 0 bridgehead atoms. The third-order valence-corrected chi connectivity index (χ3v) is 4.82. The summed E-state index contributed by atoms with van der Waals surface area (Å²) < 4.78 is 7.78. The van der Waals surface area contributed by atoms with E-state index < -0.39 is 0 Å². The van der Waals surface area contributed by atoms with E-state index in [1.54, 1.807) is 0 Å². The second-order valence-electron chi connectivity index (χ2n) is 6.63. The Morgan fingerprint density at radius 2 is 2.23 bits per heavy atom. The highest BCUT2D eigenvalue weighted by Gasteiger charge is 2.34. The number of nitrogens with zero attached hydrogens (tertiary/aromatic N) is 3. The maximum absolute atomic E-state index is 12.6. The lowest BCUT2D eigenvalue weighted by molar-refractivity contribution is -0.138. The molecule has 0 N–H and O–H groups in total. The van der Waals surface area contributed by atoms with Crippen molar-refractivity contribution in [1.29, 1.82) is 0 Å². The van der Waals surface area contributed by atoms with Crippen molar-refractivity contribution in [1.82, 2.24) is 14.7 Å². The number of rotatable bonds is 3. The van der Waals surface area contributed by atoms with Gasteiger partial charge in [0.2, 0.25) is 5.91 Å². The van der Waals surface area contributed by atoms with Crippen molar-refractivity contribution in [2.75, 3.05) is 13.2 Å². The van der Waals surface area contributed by atoms with Crippen LogP contribution in [0.15, 0.2) is 0 Å². The molecule has 122 valence electrons. The molecule has 0 radical (unpaired) electrons. The van der Waals surface area contributed by atoms with Crippen molar-refractivity contribution >= 4 is 5.91 Å². The molecular weight excluding hydrogens is 278 g/mol. The zero-order valence-electron chi connectivity index (χ0n) is 14.0. The van der Waals surface area contributed by atoms with Crippen LogP contribution < -0.4 is 0 Å². The molecule has 1 aromatic heterocycles. The average molecular weight is 305 g/mol. The molecule has 5 nitrogen and oxygen atoms in total. The van der Waals surface area contributed by atoms with Crippen molar-refractivity contribution in [2.45, 2.75) is 65.6 Å². The number of likely N-dealkylation sites (tertiary alicyclic amines) is 1. The molecule has 1 amide bonds. The van der Waals surface area contributed by atoms with Gasteiger partial charge < -0.3 is 9.64 Å². The second kappa shape index (κ2) is 6.41. The Kier molecular flexibility index (Phi) is 4.52. The van der Waals surface area contributed by atoms with Crippen LogP contribution in [0.5, 0.6) is 0 Å². The van der Waals surface area contributed by atoms with Gasteiger partial charge in [0.25, 0.3) is 0 Å². The Balaban J connectivity index is 1.97. The van der Waals surface area contributed by atoms with E-state index in [9.17, 15) is 4.79 Å². The molecule has 0 spiro atoms. The van der Waals surface area contributed by atoms with Crippen molar-refractivity contribution < 1.29 is 9.53 Å². The molecule has 2 aliphatic rings. The number of fused-ring (bicyclic) bond motifs is 1. The summed E-state index contributed by atoms with van der Waals surface area (Å²) in [5.41, 5.74) is 3.64. The number of piperidine rings is 1. The van der Waals surface area contributed by atoms with Crippen molar-refractivity contribution in [3.05, 3.63) is 17.0 Å². The van der Waals surface area contributed by atoms with Crippen LogP contribution in [0.1, 0.15) is 63.0 Å².